The molecule has 1 aliphatic heterocycles. The van der Waals surface area contributed by atoms with Gasteiger partial charge < -0.3 is 9.80 Å². The van der Waals surface area contributed by atoms with Gasteiger partial charge >= 0.3 is 0 Å². The molecule has 3 rings (SSSR count). The van der Waals surface area contributed by atoms with Crippen LogP contribution in [0.2, 0.25) is 0 Å². The van der Waals surface area contributed by atoms with Gasteiger partial charge in [-0.15, -0.1) is 0 Å². The van der Waals surface area contributed by atoms with Crippen LogP contribution in [0.25, 0.3) is 0 Å². The molecule has 0 aliphatic carbocycles. The standard InChI is InChI=1S/C14H17FN6/c1-2-11-13(15)14(19-10-17-11)21-7-5-20(6-8-21)12-3-4-16-9-18-12/h3-4,9-10H,2,5-8H2,1H3. The van der Waals surface area contributed by atoms with Gasteiger partial charge in [0.25, 0.3) is 0 Å². The SMILES string of the molecule is CCc1ncnc(N2CCN(c3ccncn3)CC2)c1F. The Kier molecular flexibility index (Phi) is 3.89. The molecule has 21 heavy (non-hydrogen) atoms. The molecule has 0 saturated carbocycles. The highest BCUT2D eigenvalue weighted by molar-refractivity contribution is 5.45. The second kappa shape index (κ2) is 5.99. The van der Waals surface area contributed by atoms with Crippen molar-refractivity contribution in [2.75, 3.05) is 36.0 Å². The van der Waals surface area contributed by atoms with Crippen molar-refractivity contribution in [3.63, 3.8) is 0 Å². The second-order valence-corrected chi connectivity index (χ2v) is 4.85. The van der Waals surface area contributed by atoms with E-state index in [1.54, 1.807) is 12.5 Å². The molecule has 7 heteroatoms. The van der Waals surface area contributed by atoms with Gasteiger partial charge in [-0.1, -0.05) is 6.92 Å². The zero-order chi connectivity index (χ0) is 14.7. The number of anilines is 2. The maximum Gasteiger partial charge on any atom is 0.187 e. The Morgan fingerprint density at radius 2 is 1.81 bits per heavy atom. The average Bonchev–Trinajstić information content (AvgIpc) is 2.56. The first-order chi connectivity index (χ1) is 10.3. The molecule has 6 nitrogen and oxygen atoms in total. The van der Waals surface area contributed by atoms with E-state index in [1.807, 2.05) is 17.9 Å². The minimum absolute atomic E-state index is 0.296. The molecule has 0 aromatic carbocycles. The fourth-order valence-electron chi connectivity index (χ4n) is 2.48. The van der Waals surface area contributed by atoms with Crippen molar-refractivity contribution in [3.05, 3.63) is 36.4 Å². The number of hydrogen-bond acceptors (Lipinski definition) is 6. The molecule has 1 aliphatic rings. The summed E-state index contributed by atoms with van der Waals surface area (Å²) in [6.45, 7) is 4.87. The van der Waals surface area contributed by atoms with Crippen LogP contribution in [-0.2, 0) is 6.42 Å². The first-order valence-corrected chi connectivity index (χ1v) is 7.05. The molecule has 2 aromatic heterocycles. The van der Waals surface area contributed by atoms with Crippen LogP contribution in [0.1, 0.15) is 12.6 Å². The lowest BCUT2D eigenvalue weighted by Crippen LogP contribution is -2.47. The number of hydrogen-bond donors (Lipinski definition) is 0. The highest BCUT2D eigenvalue weighted by Gasteiger charge is 2.22. The number of aryl methyl sites for hydroxylation is 1. The molecule has 110 valence electrons. The van der Waals surface area contributed by atoms with Crippen molar-refractivity contribution >= 4 is 11.6 Å². The summed E-state index contributed by atoms with van der Waals surface area (Å²) in [5, 5.41) is 0. The van der Waals surface area contributed by atoms with E-state index in [2.05, 4.69) is 24.8 Å². The minimum atomic E-state index is -0.296. The van der Waals surface area contributed by atoms with E-state index in [9.17, 15) is 4.39 Å². The predicted octanol–water partition coefficient (Wildman–Crippen LogP) is 1.29. The average molecular weight is 288 g/mol. The van der Waals surface area contributed by atoms with Crippen LogP contribution in [0.5, 0.6) is 0 Å². The third-order valence-electron chi connectivity index (χ3n) is 3.65. The lowest BCUT2D eigenvalue weighted by molar-refractivity contribution is 0.568. The number of rotatable bonds is 3. The molecule has 0 bridgehead atoms. The lowest BCUT2D eigenvalue weighted by Gasteiger charge is -2.36. The van der Waals surface area contributed by atoms with Crippen LogP contribution < -0.4 is 9.80 Å². The fourth-order valence-corrected chi connectivity index (χ4v) is 2.48. The Bertz CT molecular complexity index is 598. The first-order valence-electron chi connectivity index (χ1n) is 7.05. The lowest BCUT2D eigenvalue weighted by atomic mass is 10.2. The molecule has 0 amide bonds. The first kappa shape index (κ1) is 13.7. The largest absolute Gasteiger partial charge is 0.353 e. The van der Waals surface area contributed by atoms with Gasteiger partial charge in [-0.2, -0.15) is 0 Å². The summed E-state index contributed by atoms with van der Waals surface area (Å²) in [5.74, 6) is 1.02. The topological polar surface area (TPSA) is 58.0 Å². The quantitative estimate of drug-likeness (QED) is 0.848. The Labute approximate surface area is 122 Å². The molecule has 0 atom stereocenters. The van der Waals surface area contributed by atoms with Crippen LogP contribution in [0.15, 0.2) is 24.9 Å². The maximum atomic E-state index is 14.3. The summed E-state index contributed by atoms with van der Waals surface area (Å²) in [4.78, 5) is 20.4. The molecule has 0 unspecified atom stereocenters. The predicted molar refractivity (Wildman–Crippen MR) is 77.8 cm³/mol. The van der Waals surface area contributed by atoms with Gasteiger partial charge in [-0.05, 0) is 12.5 Å². The highest BCUT2D eigenvalue weighted by Crippen LogP contribution is 2.21. The van der Waals surface area contributed by atoms with Gasteiger partial charge in [0, 0.05) is 32.4 Å². The van der Waals surface area contributed by atoms with Gasteiger partial charge in [0.1, 0.15) is 18.5 Å². The summed E-state index contributed by atoms with van der Waals surface area (Å²) >= 11 is 0. The number of piperazine rings is 1. The molecule has 3 heterocycles. The summed E-state index contributed by atoms with van der Waals surface area (Å²) in [5.41, 5.74) is 0.471. The van der Waals surface area contributed by atoms with E-state index in [-0.39, 0.29) is 5.82 Å². The van der Waals surface area contributed by atoms with Crippen molar-refractivity contribution in [2.45, 2.75) is 13.3 Å². The molecular formula is C14H17FN6. The molecule has 0 spiro atoms. The molecular weight excluding hydrogens is 271 g/mol. The van der Waals surface area contributed by atoms with Crippen LogP contribution in [0.3, 0.4) is 0 Å². The second-order valence-electron chi connectivity index (χ2n) is 4.85. The maximum absolute atomic E-state index is 14.3. The van der Waals surface area contributed by atoms with Crippen molar-refractivity contribution in [1.82, 2.24) is 19.9 Å². The Morgan fingerprint density at radius 3 is 2.48 bits per heavy atom. The normalized spacial score (nSPS) is 15.3. The van der Waals surface area contributed by atoms with Crippen LogP contribution in [0, 0.1) is 5.82 Å². The van der Waals surface area contributed by atoms with Crippen molar-refractivity contribution in [3.8, 4) is 0 Å². The summed E-state index contributed by atoms with van der Waals surface area (Å²) in [6, 6.07) is 1.89. The summed E-state index contributed by atoms with van der Waals surface area (Å²) in [6.07, 6.45) is 5.28. The van der Waals surface area contributed by atoms with Gasteiger partial charge in [-0.25, -0.2) is 24.3 Å². The van der Waals surface area contributed by atoms with Crippen molar-refractivity contribution in [2.24, 2.45) is 0 Å². The molecule has 2 aromatic rings. The summed E-state index contributed by atoms with van der Waals surface area (Å²) in [7, 11) is 0. The van der Waals surface area contributed by atoms with Crippen molar-refractivity contribution in [1.29, 1.82) is 0 Å². The van der Waals surface area contributed by atoms with Gasteiger partial charge in [0.15, 0.2) is 11.6 Å². The Balaban J connectivity index is 1.72. The van der Waals surface area contributed by atoms with Crippen LogP contribution in [0.4, 0.5) is 16.0 Å². The minimum Gasteiger partial charge on any atom is -0.353 e. The number of halogens is 1. The molecule has 1 saturated heterocycles. The molecule has 0 N–H and O–H groups in total. The molecule has 1 fully saturated rings. The Hall–Kier alpha value is -2.31. The Morgan fingerprint density at radius 1 is 1.05 bits per heavy atom. The third-order valence-corrected chi connectivity index (χ3v) is 3.65. The van der Waals surface area contributed by atoms with E-state index in [0.29, 0.717) is 31.0 Å². The van der Waals surface area contributed by atoms with Crippen molar-refractivity contribution < 1.29 is 4.39 Å². The van der Waals surface area contributed by atoms with Crippen LogP contribution in [-0.4, -0.2) is 46.1 Å². The van der Waals surface area contributed by atoms with Crippen LogP contribution >= 0.6 is 0 Å². The van der Waals surface area contributed by atoms with E-state index in [0.717, 1.165) is 18.9 Å². The monoisotopic (exact) mass is 288 g/mol. The molecule has 0 radical (unpaired) electrons. The van der Waals surface area contributed by atoms with E-state index in [1.165, 1.54) is 6.33 Å². The van der Waals surface area contributed by atoms with E-state index >= 15 is 0 Å². The van der Waals surface area contributed by atoms with Gasteiger partial charge in [-0.3, -0.25) is 0 Å². The smallest absolute Gasteiger partial charge is 0.187 e. The summed E-state index contributed by atoms with van der Waals surface area (Å²) < 4.78 is 14.3. The number of aromatic nitrogens is 4. The third kappa shape index (κ3) is 2.76. The van der Waals surface area contributed by atoms with Gasteiger partial charge in [0.05, 0.1) is 5.69 Å². The zero-order valence-corrected chi connectivity index (χ0v) is 11.9. The highest BCUT2D eigenvalue weighted by atomic mass is 19.1. The fraction of sp³-hybridized carbons (Fsp3) is 0.429. The van der Waals surface area contributed by atoms with Gasteiger partial charge in [0.2, 0.25) is 0 Å². The zero-order valence-electron chi connectivity index (χ0n) is 11.9. The van der Waals surface area contributed by atoms with E-state index in [4.69, 9.17) is 0 Å². The number of nitrogens with zero attached hydrogens (tertiary/aromatic N) is 6. The van der Waals surface area contributed by atoms with E-state index < -0.39 is 0 Å².